The first-order chi connectivity index (χ1) is 13.0. The standard InChI is InChI=1S/C19H15BrClNO5/c1-25-19(24)22-7-8-26-16-9-11(20)5-6-13(16)17-10-15(23)12-3-2-4-14(21)18(12)27-17/h2-6,9-10H,7-8H2,1H3,(H,22,24). The molecule has 0 aliphatic heterocycles. The molecule has 0 saturated carbocycles. The highest BCUT2D eigenvalue weighted by atomic mass is 79.9. The van der Waals surface area contributed by atoms with Gasteiger partial charge in [-0.25, -0.2) is 4.79 Å². The molecule has 8 heteroatoms. The molecule has 0 atom stereocenters. The molecular formula is C19H15BrClNO5. The van der Waals surface area contributed by atoms with Crippen molar-refractivity contribution in [2.24, 2.45) is 0 Å². The van der Waals surface area contributed by atoms with Gasteiger partial charge in [0.05, 0.1) is 29.6 Å². The number of ether oxygens (including phenoxy) is 2. The van der Waals surface area contributed by atoms with Gasteiger partial charge in [-0.1, -0.05) is 33.6 Å². The Hall–Kier alpha value is -2.51. The summed E-state index contributed by atoms with van der Waals surface area (Å²) in [6, 6.07) is 11.8. The minimum Gasteiger partial charge on any atom is -0.491 e. The average molecular weight is 453 g/mol. The smallest absolute Gasteiger partial charge is 0.406 e. The Balaban J connectivity index is 1.95. The quantitative estimate of drug-likeness (QED) is 0.572. The Morgan fingerprint density at radius 3 is 2.85 bits per heavy atom. The molecule has 0 bridgehead atoms. The molecule has 0 spiro atoms. The van der Waals surface area contributed by atoms with Gasteiger partial charge in [-0.05, 0) is 30.3 Å². The van der Waals surface area contributed by atoms with Crippen LogP contribution in [0, 0.1) is 0 Å². The van der Waals surface area contributed by atoms with E-state index in [1.54, 1.807) is 30.3 Å². The number of hydrogen-bond acceptors (Lipinski definition) is 5. The Morgan fingerprint density at radius 2 is 2.07 bits per heavy atom. The Kier molecular flexibility index (Phi) is 6.03. The highest BCUT2D eigenvalue weighted by Gasteiger charge is 2.14. The van der Waals surface area contributed by atoms with Crippen molar-refractivity contribution in [3.05, 3.63) is 62.2 Å². The molecule has 1 heterocycles. The number of nitrogens with one attached hydrogen (secondary N) is 1. The van der Waals surface area contributed by atoms with Crippen LogP contribution in [0.15, 0.2) is 56.1 Å². The molecule has 140 valence electrons. The Labute approximate surface area is 168 Å². The lowest BCUT2D eigenvalue weighted by atomic mass is 10.1. The van der Waals surface area contributed by atoms with Gasteiger partial charge < -0.3 is 19.2 Å². The number of fused-ring (bicyclic) bond motifs is 1. The van der Waals surface area contributed by atoms with Gasteiger partial charge in [-0.3, -0.25) is 4.79 Å². The lowest BCUT2D eigenvalue weighted by Gasteiger charge is -2.12. The maximum absolute atomic E-state index is 12.4. The molecule has 1 N–H and O–H groups in total. The molecule has 1 aromatic heterocycles. The topological polar surface area (TPSA) is 77.8 Å². The second kappa shape index (κ2) is 8.45. The van der Waals surface area contributed by atoms with Crippen LogP contribution in [0.2, 0.25) is 5.02 Å². The minimum atomic E-state index is -0.539. The van der Waals surface area contributed by atoms with Crippen LogP contribution >= 0.6 is 27.5 Å². The fourth-order valence-corrected chi connectivity index (χ4v) is 3.03. The molecule has 2 aromatic carbocycles. The van der Waals surface area contributed by atoms with Crippen molar-refractivity contribution in [2.75, 3.05) is 20.3 Å². The van der Waals surface area contributed by atoms with E-state index in [9.17, 15) is 9.59 Å². The summed E-state index contributed by atoms with van der Waals surface area (Å²) >= 11 is 9.57. The lowest BCUT2D eigenvalue weighted by Crippen LogP contribution is -2.27. The van der Waals surface area contributed by atoms with Crippen LogP contribution in [0.4, 0.5) is 4.79 Å². The third-order valence-electron chi connectivity index (χ3n) is 3.73. The summed E-state index contributed by atoms with van der Waals surface area (Å²) < 4.78 is 16.9. The van der Waals surface area contributed by atoms with E-state index in [0.29, 0.717) is 33.1 Å². The second-order valence-corrected chi connectivity index (χ2v) is 6.82. The Bertz CT molecular complexity index is 1050. The predicted octanol–water partition coefficient (Wildman–Crippen LogP) is 4.61. The van der Waals surface area contributed by atoms with Crippen molar-refractivity contribution < 1.29 is 18.7 Å². The minimum absolute atomic E-state index is 0.199. The van der Waals surface area contributed by atoms with E-state index in [2.05, 4.69) is 26.0 Å². The molecule has 3 rings (SSSR count). The van der Waals surface area contributed by atoms with Crippen LogP contribution in [0.25, 0.3) is 22.3 Å². The van der Waals surface area contributed by atoms with Crippen LogP contribution in [-0.2, 0) is 4.74 Å². The largest absolute Gasteiger partial charge is 0.491 e. The van der Waals surface area contributed by atoms with Crippen molar-refractivity contribution in [3.8, 4) is 17.1 Å². The number of carbonyl (C=O) groups excluding carboxylic acids is 1. The summed E-state index contributed by atoms with van der Waals surface area (Å²) in [7, 11) is 1.29. The van der Waals surface area contributed by atoms with Crippen LogP contribution < -0.4 is 15.5 Å². The van der Waals surface area contributed by atoms with Gasteiger partial charge in [0.2, 0.25) is 0 Å². The van der Waals surface area contributed by atoms with E-state index in [0.717, 1.165) is 4.47 Å². The summed E-state index contributed by atoms with van der Waals surface area (Å²) in [5.74, 6) is 0.828. The van der Waals surface area contributed by atoms with Crippen molar-refractivity contribution in [1.29, 1.82) is 0 Å². The van der Waals surface area contributed by atoms with E-state index in [1.807, 2.05) is 6.07 Å². The lowest BCUT2D eigenvalue weighted by molar-refractivity contribution is 0.168. The third-order valence-corrected chi connectivity index (χ3v) is 4.52. The van der Waals surface area contributed by atoms with Gasteiger partial charge in [0.1, 0.15) is 18.1 Å². The van der Waals surface area contributed by atoms with Gasteiger partial charge in [-0.15, -0.1) is 0 Å². The predicted molar refractivity (Wildman–Crippen MR) is 107 cm³/mol. The second-order valence-electron chi connectivity index (χ2n) is 5.50. The Morgan fingerprint density at radius 1 is 1.26 bits per heavy atom. The monoisotopic (exact) mass is 451 g/mol. The molecule has 1 amide bonds. The number of halogens is 2. The number of benzene rings is 2. The highest BCUT2D eigenvalue weighted by Crippen LogP contribution is 2.34. The summed E-state index contributed by atoms with van der Waals surface area (Å²) in [5.41, 5.74) is 0.716. The zero-order valence-corrected chi connectivity index (χ0v) is 16.6. The highest BCUT2D eigenvalue weighted by molar-refractivity contribution is 9.10. The van der Waals surface area contributed by atoms with Crippen molar-refractivity contribution in [3.63, 3.8) is 0 Å². The number of methoxy groups -OCH3 is 1. The van der Waals surface area contributed by atoms with E-state index in [4.69, 9.17) is 20.8 Å². The summed E-state index contributed by atoms with van der Waals surface area (Å²) in [5, 5.41) is 3.29. The third kappa shape index (κ3) is 4.43. The summed E-state index contributed by atoms with van der Waals surface area (Å²) in [6.07, 6.45) is -0.539. The fourth-order valence-electron chi connectivity index (χ4n) is 2.48. The van der Waals surface area contributed by atoms with Crippen LogP contribution in [0.3, 0.4) is 0 Å². The number of para-hydroxylation sites is 1. The van der Waals surface area contributed by atoms with E-state index < -0.39 is 6.09 Å². The molecule has 0 radical (unpaired) electrons. The van der Waals surface area contributed by atoms with Gasteiger partial charge in [0.15, 0.2) is 11.0 Å². The van der Waals surface area contributed by atoms with Gasteiger partial charge in [0, 0.05) is 10.5 Å². The first kappa shape index (κ1) is 19.3. The summed E-state index contributed by atoms with van der Waals surface area (Å²) in [4.78, 5) is 23.5. The first-order valence-electron chi connectivity index (χ1n) is 7.96. The molecular weight excluding hydrogens is 438 g/mol. The molecule has 0 aliphatic carbocycles. The number of rotatable bonds is 5. The average Bonchev–Trinajstić information content (AvgIpc) is 2.66. The molecule has 0 aliphatic rings. The van der Waals surface area contributed by atoms with Gasteiger partial charge in [0.25, 0.3) is 0 Å². The molecule has 27 heavy (non-hydrogen) atoms. The maximum atomic E-state index is 12.4. The molecule has 3 aromatic rings. The fraction of sp³-hybridized carbons (Fsp3) is 0.158. The molecule has 0 saturated heterocycles. The van der Waals surface area contributed by atoms with E-state index >= 15 is 0 Å². The molecule has 0 fully saturated rings. The summed E-state index contributed by atoms with van der Waals surface area (Å²) in [6.45, 7) is 0.462. The maximum Gasteiger partial charge on any atom is 0.406 e. The number of amides is 1. The van der Waals surface area contributed by atoms with Crippen LogP contribution in [-0.4, -0.2) is 26.4 Å². The SMILES string of the molecule is COC(=O)NCCOc1cc(Br)ccc1-c1cc(=O)c2cccc(Cl)c2o1. The van der Waals surface area contributed by atoms with Crippen molar-refractivity contribution in [2.45, 2.75) is 0 Å². The van der Waals surface area contributed by atoms with Gasteiger partial charge >= 0.3 is 6.09 Å². The normalized spacial score (nSPS) is 10.6. The van der Waals surface area contributed by atoms with Gasteiger partial charge in [-0.2, -0.15) is 0 Å². The van der Waals surface area contributed by atoms with Crippen molar-refractivity contribution >= 4 is 44.6 Å². The first-order valence-corrected chi connectivity index (χ1v) is 9.13. The molecule has 6 nitrogen and oxygen atoms in total. The number of carbonyl (C=O) groups is 1. The van der Waals surface area contributed by atoms with E-state index in [-0.39, 0.29) is 18.6 Å². The molecule has 0 unspecified atom stereocenters. The van der Waals surface area contributed by atoms with E-state index in [1.165, 1.54) is 13.2 Å². The zero-order chi connectivity index (χ0) is 19.4. The number of alkyl carbamates (subject to hydrolysis) is 1. The van der Waals surface area contributed by atoms with Crippen LogP contribution in [0.5, 0.6) is 5.75 Å². The van der Waals surface area contributed by atoms with Crippen molar-refractivity contribution in [1.82, 2.24) is 5.32 Å². The van der Waals surface area contributed by atoms with Crippen LogP contribution in [0.1, 0.15) is 0 Å². The zero-order valence-electron chi connectivity index (χ0n) is 14.3. The number of hydrogen-bond donors (Lipinski definition) is 1.